The molecule has 3 aromatic rings. The number of halogens is 1. The van der Waals surface area contributed by atoms with Gasteiger partial charge in [-0.15, -0.1) is 11.3 Å². The monoisotopic (exact) mass is 452 g/mol. The lowest BCUT2D eigenvalue weighted by Gasteiger charge is -2.11. The zero-order valence-electron chi connectivity index (χ0n) is 16.9. The third kappa shape index (κ3) is 4.98. The van der Waals surface area contributed by atoms with Crippen molar-refractivity contribution < 1.29 is 14.3 Å². The lowest BCUT2D eigenvalue weighted by atomic mass is 10.1. The smallest absolute Gasteiger partial charge is 0.244 e. The van der Waals surface area contributed by atoms with Crippen molar-refractivity contribution >= 4 is 46.4 Å². The molecule has 1 aliphatic rings. The molecule has 3 N–H and O–H groups in total. The van der Waals surface area contributed by atoms with Crippen molar-refractivity contribution in [1.29, 1.82) is 0 Å². The predicted molar refractivity (Wildman–Crippen MR) is 126 cm³/mol. The van der Waals surface area contributed by atoms with Gasteiger partial charge >= 0.3 is 0 Å². The van der Waals surface area contributed by atoms with Crippen LogP contribution in [-0.2, 0) is 11.2 Å². The van der Waals surface area contributed by atoms with Gasteiger partial charge in [-0.05, 0) is 60.5 Å². The Hall–Kier alpha value is -3.09. The number of ether oxygens (including phenoxy) is 1. The van der Waals surface area contributed by atoms with Crippen LogP contribution in [0.3, 0.4) is 0 Å². The molecule has 158 valence electrons. The molecule has 5 nitrogen and oxygen atoms in total. The predicted octanol–water partition coefficient (Wildman–Crippen LogP) is 4.99. The van der Waals surface area contributed by atoms with Crippen molar-refractivity contribution in [2.45, 2.75) is 19.4 Å². The number of nitrogens with two attached hydrogens (primary N) is 1. The molecule has 2 aromatic carbocycles. The fourth-order valence-corrected chi connectivity index (χ4v) is 4.55. The Kier molecular flexibility index (Phi) is 6.11. The van der Waals surface area contributed by atoms with E-state index < -0.39 is 0 Å². The van der Waals surface area contributed by atoms with Gasteiger partial charge in [0.15, 0.2) is 5.78 Å². The summed E-state index contributed by atoms with van der Waals surface area (Å²) in [6.07, 6.45) is 3.68. The second kappa shape index (κ2) is 8.96. The molecule has 4 rings (SSSR count). The van der Waals surface area contributed by atoms with Crippen LogP contribution in [-0.4, -0.2) is 24.3 Å². The van der Waals surface area contributed by atoms with E-state index in [0.29, 0.717) is 29.4 Å². The largest absolute Gasteiger partial charge is 0.486 e. The number of Topliss-reactive ketones (excluding diaryl/α,β-unsaturated/α-hetero) is 1. The highest BCUT2D eigenvalue weighted by Gasteiger charge is 2.26. The number of carbonyl (C=O) groups is 2. The van der Waals surface area contributed by atoms with E-state index in [1.807, 2.05) is 36.4 Å². The molecule has 2 heterocycles. The van der Waals surface area contributed by atoms with E-state index in [0.717, 1.165) is 26.4 Å². The topological polar surface area (TPSA) is 81.4 Å². The van der Waals surface area contributed by atoms with Gasteiger partial charge in [-0.1, -0.05) is 23.7 Å². The molecule has 7 heteroatoms. The standard InChI is InChI=1S/C24H21ClN2O3S/c1-14(28)21-7-8-22(31-21)16-10-17-11-19(30-24(17)20(25)12-16)13-27-23(29)9-4-15-2-5-18(26)6-3-15/h2-10,12,19H,11,13,26H2,1H3,(H,27,29)/b9-4+. The maximum atomic E-state index is 12.1. The number of carbonyl (C=O) groups excluding carboxylic acids is 2. The van der Waals surface area contributed by atoms with Crippen LogP contribution in [0.15, 0.2) is 54.6 Å². The second-order valence-corrected chi connectivity index (χ2v) is 8.85. The van der Waals surface area contributed by atoms with E-state index in [4.69, 9.17) is 22.1 Å². The van der Waals surface area contributed by atoms with Crippen LogP contribution in [0.25, 0.3) is 16.5 Å². The van der Waals surface area contributed by atoms with Gasteiger partial charge in [0, 0.05) is 28.6 Å². The van der Waals surface area contributed by atoms with Crippen molar-refractivity contribution in [1.82, 2.24) is 5.32 Å². The molecule has 1 amide bonds. The lowest BCUT2D eigenvalue weighted by molar-refractivity contribution is -0.116. The molecule has 31 heavy (non-hydrogen) atoms. The van der Waals surface area contributed by atoms with Crippen molar-refractivity contribution in [2.24, 2.45) is 0 Å². The Morgan fingerprint density at radius 1 is 1.23 bits per heavy atom. The zero-order valence-corrected chi connectivity index (χ0v) is 18.4. The Morgan fingerprint density at radius 2 is 2.00 bits per heavy atom. The van der Waals surface area contributed by atoms with Gasteiger partial charge in [-0.25, -0.2) is 0 Å². The molecular formula is C24H21ClN2O3S. The van der Waals surface area contributed by atoms with Gasteiger partial charge in [-0.2, -0.15) is 0 Å². The van der Waals surface area contributed by atoms with Gasteiger partial charge in [0.05, 0.1) is 16.4 Å². The molecule has 1 aliphatic heterocycles. The van der Waals surface area contributed by atoms with Crippen LogP contribution >= 0.6 is 22.9 Å². The van der Waals surface area contributed by atoms with Crippen molar-refractivity contribution in [3.05, 3.63) is 75.6 Å². The molecule has 0 saturated heterocycles. The van der Waals surface area contributed by atoms with Crippen LogP contribution in [0.4, 0.5) is 5.69 Å². The first-order valence-corrected chi connectivity index (χ1v) is 11.0. The average Bonchev–Trinajstić information content (AvgIpc) is 3.39. The molecule has 0 bridgehead atoms. The minimum absolute atomic E-state index is 0.0492. The molecule has 0 spiro atoms. The van der Waals surface area contributed by atoms with E-state index in [9.17, 15) is 9.59 Å². The molecular weight excluding hydrogens is 432 g/mol. The van der Waals surface area contributed by atoms with Crippen LogP contribution < -0.4 is 15.8 Å². The summed E-state index contributed by atoms with van der Waals surface area (Å²) in [5.74, 6) is 0.511. The van der Waals surface area contributed by atoms with Crippen LogP contribution in [0.5, 0.6) is 5.75 Å². The van der Waals surface area contributed by atoms with Crippen LogP contribution in [0, 0.1) is 0 Å². The number of thiophene rings is 1. The fourth-order valence-electron chi connectivity index (χ4n) is 3.38. The summed E-state index contributed by atoms with van der Waals surface area (Å²) in [7, 11) is 0. The number of rotatable bonds is 6. The second-order valence-electron chi connectivity index (χ2n) is 7.36. The number of ketones is 1. The van der Waals surface area contributed by atoms with Gasteiger partial charge in [0.1, 0.15) is 11.9 Å². The maximum absolute atomic E-state index is 12.1. The number of hydrogen-bond acceptors (Lipinski definition) is 5. The average molecular weight is 453 g/mol. The minimum atomic E-state index is -0.196. The van der Waals surface area contributed by atoms with Gasteiger partial charge in [0.2, 0.25) is 5.91 Å². The summed E-state index contributed by atoms with van der Waals surface area (Å²) in [6, 6.07) is 14.9. The van der Waals surface area contributed by atoms with Crippen LogP contribution in [0.2, 0.25) is 5.02 Å². The number of nitrogen functional groups attached to an aromatic ring is 1. The first-order valence-electron chi connectivity index (χ1n) is 9.81. The number of benzene rings is 2. The highest BCUT2D eigenvalue weighted by atomic mass is 35.5. The molecule has 1 atom stereocenters. The number of fused-ring (bicyclic) bond motifs is 1. The lowest BCUT2D eigenvalue weighted by Crippen LogP contribution is -2.33. The zero-order chi connectivity index (χ0) is 22.0. The summed E-state index contributed by atoms with van der Waals surface area (Å²) >= 11 is 7.90. The van der Waals surface area contributed by atoms with Gasteiger partial charge in [0.25, 0.3) is 0 Å². The van der Waals surface area contributed by atoms with Crippen molar-refractivity contribution in [2.75, 3.05) is 12.3 Å². The van der Waals surface area contributed by atoms with E-state index in [1.54, 1.807) is 25.1 Å². The molecule has 0 radical (unpaired) electrons. The summed E-state index contributed by atoms with van der Waals surface area (Å²) in [5.41, 5.74) is 9.20. The Bertz CT molecular complexity index is 1170. The molecule has 0 fully saturated rings. The van der Waals surface area contributed by atoms with Gasteiger partial charge < -0.3 is 15.8 Å². The van der Waals surface area contributed by atoms with Crippen molar-refractivity contribution in [3.8, 4) is 16.2 Å². The Morgan fingerprint density at radius 3 is 2.71 bits per heavy atom. The first kappa shape index (κ1) is 21.2. The van der Waals surface area contributed by atoms with E-state index in [-0.39, 0.29) is 17.8 Å². The normalized spacial score (nSPS) is 15.0. The van der Waals surface area contributed by atoms with Crippen LogP contribution in [0.1, 0.15) is 27.7 Å². The summed E-state index contributed by atoms with van der Waals surface area (Å²) in [6.45, 7) is 1.93. The third-order valence-electron chi connectivity index (χ3n) is 4.96. The van der Waals surface area contributed by atoms with E-state index in [1.165, 1.54) is 17.4 Å². The number of nitrogens with one attached hydrogen (secondary N) is 1. The van der Waals surface area contributed by atoms with Gasteiger partial charge in [-0.3, -0.25) is 9.59 Å². The molecule has 1 aromatic heterocycles. The van der Waals surface area contributed by atoms with E-state index in [2.05, 4.69) is 5.32 Å². The number of anilines is 1. The molecule has 0 saturated carbocycles. The Balaban J connectivity index is 1.38. The highest BCUT2D eigenvalue weighted by Crippen LogP contribution is 2.41. The summed E-state index contributed by atoms with van der Waals surface area (Å²) in [5, 5.41) is 3.40. The SMILES string of the molecule is CC(=O)c1ccc(-c2cc(Cl)c3c(c2)CC(CNC(=O)/C=C/c2ccc(N)cc2)O3)s1. The first-order chi connectivity index (χ1) is 14.9. The fraction of sp³-hybridized carbons (Fsp3) is 0.167. The third-order valence-corrected chi connectivity index (χ3v) is 6.47. The summed E-state index contributed by atoms with van der Waals surface area (Å²) in [4.78, 5) is 25.4. The molecule has 0 aliphatic carbocycles. The Labute approximate surface area is 189 Å². The van der Waals surface area contributed by atoms with Crippen molar-refractivity contribution in [3.63, 3.8) is 0 Å². The molecule has 1 unspecified atom stereocenters. The quantitative estimate of drug-likeness (QED) is 0.314. The highest BCUT2D eigenvalue weighted by molar-refractivity contribution is 7.17. The summed E-state index contributed by atoms with van der Waals surface area (Å²) < 4.78 is 5.96. The maximum Gasteiger partial charge on any atom is 0.244 e. The number of hydrogen-bond donors (Lipinski definition) is 2. The number of amides is 1. The minimum Gasteiger partial charge on any atom is -0.486 e. The van der Waals surface area contributed by atoms with E-state index >= 15 is 0 Å².